The first kappa shape index (κ1) is 14.4. The lowest BCUT2D eigenvalue weighted by atomic mass is 10.2. The number of nitrogens with one attached hydrogen (secondary N) is 1. The molecule has 0 atom stereocenters. The van der Waals surface area contributed by atoms with E-state index in [1.54, 1.807) is 4.90 Å². The highest BCUT2D eigenvalue weighted by Gasteiger charge is 2.17. The smallest absolute Gasteiger partial charge is 0.226 e. The predicted octanol–water partition coefficient (Wildman–Crippen LogP) is 1.11. The zero-order chi connectivity index (χ0) is 14.4. The van der Waals surface area contributed by atoms with Crippen LogP contribution in [0.1, 0.15) is 18.4 Å². The highest BCUT2D eigenvalue weighted by Crippen LogP contribution is 2.12. The maximum absolute atomic E-state index is 12.0. The minimum absolute atomic E-state index is 0.0105. The summed E-state index contributed by atoms with van der Waals surface area (Å²) in [4.78, 5) is 24.9. The Kier molecular flexibility index (Phi) is 4.98. The van der Waals surface area contributed by atoms with Crippen molar-refractivity contribution in [1.29, 1.82) is 0 Å². The van der Waals surface area contributed by atoms with Gasteiger partial charge in [-0.05, 0) is 24.6 Å². The van der Waals surface area contributed by atoms with Crippen LogP contribution in [0.2, 0.25) is 0 Å². The van der Waals surface area contributed by atoms with Crippen LogP contribution in [-0.4, -0.2) is 43.0 Å². The quantitative estimate of drug-likeness (QED) is 0.896. The predicted molar refractivity (Wildman–Crippen MR) is 75.5 cm³/mol. The summed E-state index contributed by atoms with van der Waals surface area (Å²) in [6.07, 6.45) is 0.715. The van der Waals surface area contributed by atoms with Gasteiger partial charge in [-0.25, -0.2) is 0 Å². The van der Waals surface area contributed by atoms with Crippen molar-refractivity contribution < 1.29 is 14.3 Å². The number of benzene rings is 1. The van der Waals surface area contributed by atoms with E-state index in [0.29, 0.717) is 39.1 Å². The molecule has 0 aliphatic carbocycles. The van der Waals surface area contributed by atoms with E-state index in [1.807, 2.05) is 31.2 Å². The van der Waals surface area contributed by atoms with E-state index >= 15 is 0 Å². The average Bonchev–Trinajstić information content (AvgIpc) is 2.63. The summed E-state index contributed by atoms with van der Waals surface area (Å²) >= 11 is 0. The van der Waals surface area contributed by atoms with Crippen molar-refractivity contribution in [2.75, 3.05) is 26.2 Å². The van der Waals surface area contributed by atoms with Gasteiger partial charge in [-0.2, -0.15) is 0 Å². The third-order valence-corrected chi connectivity index (χ3v) is 3.24. The summed E-state index contributed by atoms with van der Waals surface area (Å²) in [5, 5.41) is 2.75. The lowest BCUT2D eigenvalue weighted by Crippen LogP contribution is -2.34. The van der Waals surface area contributed by atoms with Gasteiger partial charge < -0.3 is 15.0 Å². The number of hydrogen-bond acceptors (Lipinski definition) is 3. The molecule has 1 aliphatic heterocycles. The van der Waals surface area contributed by atoms with Gasteiger partial charge in [-0.15, -0.1) is 0 Å². The van der Waals surface area contributed by atoms with Crippen molar-refractivity contribution in [1.82, 2.24) is 10.2 Å². The minimum atomic E-state index is 0.0105. The Morgan fingerprint density at radius 1 is 1.40 bits per heavy atom. The molecular weight excluding hydrogens is 256 g/mol. The van der Waals surface area contributed by atoms with Gasteiger partial charge in [0.15, 0.2) is 0 Å². The molecule has 2 amide bonds. The fourth-order valence-corrected chi connectivity index (χ4v) is 2.14. The van der Waals surface area contributed by atoms with E-state index in [1.165, 1.54) is 0 Å². The van der Waals surface area contributed by atoms with Gasteiger partial charge in [0, 0.05) is 26.1 Å². The van der Waals surface area contributed by atoms with Gasteiger partial charge in [0.1, 0.15) is 5.75 Å². The van der Waals surface area contributed by atoms with Gasteiger partial charge in [-0.1, -0.05) is 12.1 Å². The lowest BCUT2D eigenvalue weighted by molar-refractivity contribution is -0.131. The second kappa shape index (κ2) is 6.93. The number of aryl methyl sites for hydroxylation is 1. The Hall–Kier alpha value is -2.04. The first-order valence-corrected chi connectivity index (χ1v) is 6.89. The molecule has 1 aromatic rings. The maximum atomic E-state index is 12.0. The third-order valence-electron chi connectivity index (χ3n) is 3.24. The van der Waals surface area contributed by atoms with Crippen LogP contribution in [0.4, 0.5) is 0 Å². The Labute approximate surface area is 118 Å². The SMILES string of the molecule is Cc1cccc(OCCC(=O)N2CCNC(=O)CC2)c1. The molecule has 1 aliphatic rings. The van der Waals surface area contributed by atoms with Crippen LogP contribution < -0.4 is 10.1 Å². The number of ether oxygens (including phenoxy) is 1. The molecular formula is C15H20N2O3. The van der Waals surface area contributed by atoms with E-state index in [0.717, 1.165) is 11.3 Å². The molecule has 0 bridgehead atoms. The van der Waals surface area contributed by atoms with Crippen LogP contribution in [0.25, 0.3) is 0 Å². The van der Waals surface area contributed by atoms with Crippen LogP contribution in [0, 0.1) is 6.92 Å². The fourth-order valence-electron chi connectivity index (χ4n) is 2.14. The number of rotatable bonds is 4. The summed E-state index contributed by atoms with van der Waals surface area (Å²) < 4.78 is 5.57. The number of amides is 2. The summed E-state index contributed by atoms with van der Waals surface area (Å²) in [6.45, 7) is 3.97. The molecule has 2 rings (SSSR count). The van der Waals surface area contributed by atoms with Crippen molar-refractivity contribution in [2.45, 2.75) is 19.8 Å². The molecule has 0 spiro atoms. The van der Waals surface area contributed by atoms with Gasteiger partial charge in [0.05, 0.1) is 13.0 Å². The third kappa shape index (κ3) is 4.26. The molecule has 1 N–H and O–H groups in total. The van der Waals surface area contributed by atoms with Gasteiger partial charge >= 0.3 is 0 Å². The van der Waals surface area contributed by atoms with E-state index in [9.17, 15) is 9.59 Å². The minimum Gasteiger partial charge on any atom is -0.493 e. The molecule has 5 nitrogen and oxygen atoms in total. The van der Waals surface area contributed by atoms with Crippen molar-refractivity contribution in [2.24, 2.45) is 0 Å². The number of hydrogen-bond donors (Lipinski definition) is 1. The highest BCUT2D eigenvalue weighted by atomic mass is 16.5. The monoisotopic (exact) mass is 276 g/mol. The van der Waals surface area contributed by atoms with Crippen molar-refractivity contribution >= 4 is 11.8 Å². The first-order valence-electron chi connectivity index (χ1n) is 6.89. The Balaban J connectivity index is 1.76. The molecule has 108 valence electrons. The van der Waals surface area contributed by atoms with Crippen LogP contribution in [-0.2, 0) is 9.59 Å². The molecule has 1 aromatic carbocycles. The summed E-state index contributed by atoms with van der Waals surface area (Å²) in [5.41, 5.74) is 1.13. The van der Waals surface area contributed by atoms with Crippen molar-refractivity contribution in [3.8, 4) is 5.75 Å². The fraction of sp³-hybridized carbons (Fsp3) is 0.467. The maximum Gasteiger partial charge on any atom is 0.226 e. The van der Waals surface area contributed by atoms with E-state index in [4.69, 9.17) is 4.74 Å². The molecule has 1 heterocycles. The Morgan fingerprint density at radius 3 is 3.05 bits per heavy atom. The molecule has 1 saturated heterocycles. The molecule has 0 unspecified atom stereocenters. The molecule has 1 fully saturated rings. The van der Waals surface area contributed by atoms with E-state index in [-0.39, 0.29) is 11.8 Å². The number of carbonyl (C=O) groups excluding carboxylic acids is 2. The normalized spacial score (nSPS) is 15.4. The summed E-state index contributed by atoms with van der Waals surface area (Å²) in [5.74, 6) is 0.830. The molecule has 0 radical (unpaired) electrons. The Morgan fingerprint density at radius 2 is 2.25 bits per heavy atom. The van der Waals surface area contributed by atoms with Gasteiger partial charge in [-0.3, -0.25) is 9.59 Å². The molecule has 0 aromatic heterocycles. The zero-order valence-electron chi connectivity index (χ0n) is 11.7. The highest BCUT2D eigenvalue weighted by molar-refractivity contribution is 5.80. The van der Waals surface area contributed by atoms with E-state index < -0.39 is 0 Å². The largest absolute Gasteiger partial charge is 0.493 e. The summed E-state index contributed by atoms with van der Waals surface area (Å²) in [7, 11) is 0. The summed E-state index contributed by atoms with van der Waals surface area (Å²) in [6, 6.07) is 7.75. The van der Waals surface area contributed by atoms with Gasteiger partial charge in [0.25, 0.3) is 0 Å². The van der Waals surface area contributed by atoms with Crippen molar-refractivity contribution in [3.05, 3.63) is 29.8 Å². The number of nitrogens with zero attached hydrogens (tertiary/aromatic N) is 1. The lowest BCUT2D eigenvalue weighted by Gasteiger charge is -2.19. The zero-order valence-corrected chi connectivity index (χ0v) is 11.7. The van der Waals surface area contributed by atoms with Crippen LogP contribution in [0.5, 0.6) is 5.75 Å². The molecule has 5 heteroatoms. The molecule has 0 saturated carbocycles. The standard InChI is InChI=1S/C15H20N2O3/c1-12-3-2-4-13(11-12)20-10-6-15(19)17-8-5-14(18)16-7-9-17/h2-4,11H,5-10H2,1H3,(H,16,18). The number of carbonyl (C=O) groups is 2. The second-order valence-corrected chi connectivity index (χ2v) is 4.90. The van der Waals surface area contributed by atoms with Crippen molar-refractivity contribution in [3.63, 3.8) is 0 Å². The van der Waals surface area contributed by atoms with Crippen LogP contribution in [0.3, 0.4) is 0 Å². The van der Waals surface area contributed by atoms with Crippen LogP contribution >= 0.6 is 0 Å². The Bertz CT molecular complexity index is 488. The van der Waals surface area contributed by atoms with Crippen LogP contribution in [0.15, 0.2) is 24.3 Å². The topological polar surface area (TPSA) is 58.6 Å². The second-order valence-electron chi connectivity index (χ2n) is 4.90. The average molecular weight is 276 g/mol. The van der Waals surface area contributed by atoms with E-state index in [2.05, 4.69) is 5.32 Å². The van der Waals surface area contributed by atoms with Gasteiger partial charge in [0.2, 0.25) is 11.8 Å². The molecule has 20 heavy (non-hydrogen) atoms. The first-order chi connectivity index (χ1) is 9.65.